The molecule has 4 rings (SSSR count). The van der Waals surface area contributed by atoms with Crippen LogP contribution in [0.4, 0.5) is 0 Å². The summed E-state index contributed by atoms with van der Waals surface area (Å²) in [5, 5.41) is 1.40. The summed E-state index contributed by atoms with van der Waals surface area (Å²) in [5.74, 6) is -0.114. The standard InChI is InChI=1S/C24H26ClN5O2S/c1-15(17-5-3-4-6-18(17)25)32-21-12-22(33-23(21)24(27)31)30-14-28-19-8-7-16(11-20(19)30)13-29(2)10-9-26/h3-8,11-12,14-15H,9-10,13,26H2,1-2H3,(H2,27,31). The number of ether oxygens (including phenoxy) is 1. The molecule has 1 unspecified atom stereocenters. The highest BCUT2D eigenvalue weighted by Crippen LogP contribution is 2.37. The van der Waals surface area contributed by atoms with Crippen LogP contribution in [0.1, 0.15) is 33.8 Å². The maximum Gasteiger partial charge on any atom is 0.262 e. The third kappa shape index (κ3) is 5.04. The van der Waals surface area contributed by atoms with Crippen molar-refractivity contribution in [2.24, 2.45) is 11.5 Å². The molecule has 0 aliphatic carbocycles. The van der Waals surface area contributed by atoms with Crippen molar-refractivity contribution in [3.05, 3.63) is 75.9 Å². The lowest BCUT2D eigenvalue weighted by atomic mass is 10.1. The fraction of sp³-hybridized carbons (Fsp3) is 0.250. The van der Waals surface area contributed by atoms with Gasteiger partial charge in [0.1, 0.15) is 28.1 Å². The number of primary amides is 1. The molecule has 0 fully saturated rings. The van der Waals surface area contributed by atoms with E-state index in [1.165, 1.54) is 11.3 Å². The number of halogens is 1. The number of nitrogens with zero attached hydrogens (tertiary/aromatic N) is 3. The van der Waals surface area contributed by atoms with E-state index in [1.807, 2.05) is 54.9 Å². The number of benzene rings is 2. The molecular weight excluding hydrogens is 458 g/mol. The molecule has 0 saturated carbocycles. The SMILES string of the molecule is CC(Oc1cc(-n2cnc3ccc(CN(C)CCN)cc32)sc1C(N)=O)c1ccccc1Cl. The average Bonchev–Trinajstić information content (AvgIpc) is 3.38. The average molecular weight is 484 g/mol. The Bertz CT molecular complexity index is 1290. The summed E-state index contributed by atoms with van der Waals surface area (Å²) in [5.41, 5.74) is 15.1. The predicted octanol–water partition coefficient (Wildman–Crippen LogP) is 4.37. The van der Waals surface area contributed by atoms with Crippen LogP contribution in [0.5, 0.6) is 5.75 Å². The van der Waals surface area contributed by atoms with E-state index in [9.17, 15) is 4.79 Å². The smallest absolute Gasteiger partial charge is 0.262 e. The van der Waals surface area contributed by atoms with Gasteiger partial charge < -0.3 is 21.1 Å². The molecule has 0 saturated heterocycles. The second-order valence-corrected chi connectivity index (χ2v) is 9.33. The molecule has 2 aromatic heterocycles. The van der Waals surface area contributed by atoms with Crippen LogP contribution in [0.3, 0.4) is 0 Å². The molecule has 0 bridgehead atoms. The van der Waals surface area contributed by atoms with Gasteiger partial charge in [0, 0.05) is 36.3 Å². The van der Waals surface area contributed by atoms with Crippen LogP contribution in [-0.2, 0) is 6.54 Å². The number of imidazole rings is 1. The Morgan fingerprint density at radius 1 is 1.27 bits per heavy atom. The molecule has 0 aliphatic heterocycles. The molecule has 2 aromatic carbocycles. The van der Waals surface area contributed by atoms with Gasteiger partial charge in [-0.25, -0.2) is 4.98 Å². The number of nitrogens with two attached hydrogens (primary N) is 2. The molecule has 172 valence electrons. The van der Waals surface area contributed by atoms with Crippen molar-refractivity contribution >= 4 is 39.9 Å². The van der Waals surface area contributed by atoms with Gasteiger partial charge >= 0.3 is 0 Å². The van der Waals surface area contributed by atoms with Gasteiger partial charge in [0.05, 0.1) is 11.0 Å². The van der Waals surface area contributed by atoms with Crippen molar-refractivity contribution in [3.63, 3.8) is 0 Å². The van der Waals surface area contributed by atoms with Crippen LogP contribution < -0.4 is 16.2 Å². The van der Waals surface area contributed by atoms with Crippen LogP contribution in [0, 0.1) is 0 Å². The maximum atomic E-state index is 12.2. The molecule has 4 N–H and O–H groups in total. The molecule has 4 aromatic rings. The fourth-order valence-electron chi connectivity index (χ4n) is 3.74. The highest BCUT2D eigenvalue weighted by Gasteiger charge is 2.21. The summed E-state index contributed by atoms with van der Waals surface area (Å²) < 4.78 is 8.09. The zero-order valence-corrected chi connectivity index (χ0v) is 20.1. The van der Waals surface area contributed by atoms with Gasteiger partial charge in [-0.2, -0.15) is 0 Å². The first-order chi connectivity index (χ1) is 15.9. The van der Waals surface area contributed by atoms with E-state index in [0.29, 0.717) is 22.2 Å². The van der Waals surface area contributed by atoms with E-state index >= 15 is 0 Å². The summed E-state index contributed by atoms with van der Waals surface area (Å²) in [6, 6.07) is 15.5. The first-order valence-corrected chi connectivity index (χ1v) is 11.8. The number of amides is 1. The van der Waals surface area contributed by atoms with Gasteiger partial charge in [0.15, 0.2) is 0 Å². The minimum absolute atomic E-state index is 0.351. The van der Waals surface area contributed by atoms with E-state index in [0.717, 1.165) is 40.3 Å². The summed E-state index contributed by atoms with van der Waals surface area (Å²) in [6.07, 6.45) is 1.39. The molecule has 9 heteroatoms. The molecule has 0 spiro atoms. The molecule has 33 heavy (non-hydrogen) atoms. The van der Waals surface area contributed by atoms with Crippen molar-refractivity contribution < 1.29 is 9.53 Å². The van der Waals surface area contributed by atoms with E-state index in [-0.39, 0.29) is 6.10 Å². The Morgan fingerprint density at radius 2 is 2.06 bits per heavy atom. The van der Waals surface area contributed by atoms with Crippen molar-refractivity contribution in [2.75, 3.05) is 20.1 Å². The highest BCUT2D eigenvalue weighted by molar-refractivity contribution is 7.16. The van der Waals surface area contributed by atoms with E-state index in [1.54, 1.807) is 6.33 Å². The minimum Gasteiger partial charge on any atom is -0.484 e. The number of fused-ring (bicyclic) bond motifs is 1. The third-order valence-corrected chi connectivity index (χ3v) is 6.84. The monoisotopic (exact) mass is 483 g/mol. The zero-order valence-electron chi connectivity index (χ0n) is 18.5. The van der Waals surface area contributed by atoms with E-state index in [4.69, 9.17) is 27.8 Å². The van der Waals surface area contributed by atoms with Crippen molar-refractivity contribution in [2.45, 2.75) is 19.6 Å². The lowest BCUT2D eigenvalue weighted by molar-refractivity contribution is 0.0998. The highest BCUT2D eigenvalue weighted by atomic mass is 35.5. The second-order valence-electron chi connectivity index (χ2n) is 7.89. The molecule has 7 nitrogen and oxygen atoms in total. The van der Waals surface area contributed by atoms with Gasteiger partial charge in [0.25, 0.3) is 5.91 Å². The first-order valence-electron chi connectivity index (χ1n) is 10.6. The molecule has 1 atom stereocenters. The Kier molecular flexibility index (Phi) is 6.99. The number of aromatic nitrogens is 2. The van der Waals surface area contributed by atoms with Gasteiger partial charge in [0.2, 0.25) is 0 Å². The molecule has 2 heterocycles. The first kappa shape index (κ1) is 23.3. The van der Waals surface area contributed by atoms with Crippen LogP contribution in [0.2, 0.25) is 5.02 Å². The quantitative estimate of drug-likeness (QED) is 0.368. The van der Waals surface area contributed by atoms with Crippen molar-refractivity contribution in [1.82, 2.24) is 14.5 Å². The lowest BCUT2D eigenvalue weighted by Gasteiger charge is -2.16. The number of hydrogen-bond acceptors (Lipinski definition) is 6. The normalized spacial score (nSPS) is 12.4. The summed E-state index contributed by atoms with van der Waals surface area (Å²) in [6.45, 7) is 4.09. The van der Waals surface area contributed by atoms with Crippen molar-refractivity contribution in [3.8, 4) is 10.8 Å². The number of carbonyl (C=O) groups is 1. The second kappa shape index (κ2) is 9.93. The minimum atomic E-state index is -0.541. The van der Waals surface area contributed by atoms with Gasteiger partial charge in [-0.15, -0.1) is 11.3 Å². The van der Waals surface area contributed by atoms with E-state index in [2.05, 4.69) is 22.0 Å². The van der Waals surface area contributed by atoms with E-state index < -0.39 is 5.91 Å². The Hall–Kier alpha value is -2.91. The Morgan fingerprint density at radius 3 is 2.79 bits per heavy atom. The van der Waals surface area contributed by atoms with Crippen LogP contribution in [0.15, 0.2) is 54.9 Å². The zero-order chi connectivity index (χ0) is 23.5. The predicted molar refractivity (Wildman–Crippen MR) is 133 cm³/mol. The molecule has 0 radical (unpaired) electrons. The third-order valence-electron chi connectivity index (χ3n) is 5.37. The largest absolute Gasteiger partial charge is 0.484 e. The number of hydrogen-bond donors (Lipinski definition) is 2. The summed E-state index contributed by atoms with van der Waals surface area (Å²) >= 11 is 7.59. The molecule has 0 aliphatic rings. The Balaban J connectivity index is 1.68. The molecular formula is C24H26ClN5O2S. The van der Waals surface area contributed by atoms with Crippen LogP contribution >= 0.6 is 22.9 Å². The van der Waals surface area contributed by atoms with Crippen molar-refractivity contribution in [1.29, 1.82) is 0 Å². The van der Waals surface area contributed by atoms with Gasteiger partial charge in [-0.05, 0) is 37.7 Å². The van der Waals surface area contributed by atoms with Crippen LogP contribution in [0.25, 0.3) is 16.0 Å². The Labute approximate surface area is 201 Å². The lowest BCUT2D eigenvalue weighted by Crippen LogP contribution is -2.24. The maximum absolute atomic E-state index is 12.2. The number of carbonyl (C=O) groups excluding carboxylic acids is 1. The van der Waals surface area contributed by atoms with Gasteiger partial charge in [-0.3, -0.25) is 9.36 Å². The van der Waals surface area contributed by atoms with Crippen LogP contribution in [-0.4, -0.2) is 40.5 Å². The number of likely N-dealkylation sites (N-methyl/N-ethyl adjacent to an activating group) is 1. The topological polar surface area (TPSA) is 99.4 Å². The number of rotatable bonds is 9. The summed E-state index contributed by atoms with van der Waals surface area (Å²) in [7, 11) is 2.04. The summed E-state index contributed by atoms with van der Waals surface area (Å²) in [4.78, 5) is 19.2. The molecule has 1 amide bonds. The fourth-order valence-corrected chi connectivity index (χ4v) is 4.95. The van der Waals surface area contributed by atoms with Gasteiger partial charge in [-0.1, -0.05) is 35.9 Å². The number of thiophene rings is 1.